The number of rotatable bonds is 9. The maximum Gasteiger partial charge on any atom is 0.308 e. The lowest BCUT2D eigenvalue weighted by molar-refractivity contribution is -0.144. The van der Waals surface area contributed by atoms with Crippen molar-refractivity contribution in [3.63, 3.8) is 0 Å². The number of para-hydroxylation sites is 2. The van der Waals surface area contributed by atoms with E-state index in [0.717, 1.165) is 37.6 Å². The van der Waals surface area contributed by atoms with E-state index in [2.05, 4.69) is 15.1 Å². The molecule has 1 fully saturated rings. The summed E-state index contributed by atoms with van der Waals surface area (Å²) in [6.07, 6.45) is -0.0841. The van der Waals surface area contributed by atoms with Crippen LogP contribution in [0.15, 0.2) is 48.5 Å². The quantitative estimate of drug-likeness (QED) is 0.635. The summed E-state index contributed by atoms with van der Waals surface area (Å²) in [5, 5.41) is 12.4. The number of carbonyl (C=O) groups is 2. The van der Waals surface area contributed by atoms with E-state index in [1.54, 1.807) is 38.5 Å². The maximum absolute atomic E-state index is 12.4. The van der Waals surface area contributed by atoms with Gasteiger partial charge in [0.2, 0.25) is 5.91 Å². The van der Waals surface area contributed by atoms with Crippen molar-refractivity contribution in [1.82, 2.24) is 4.90 Å². The van der Waals surface area contributed by atoms with Crippen LogP contribution in [0.4, 0.5) is 11.4 Å². The van der Waals surface area contributed by atoms with Crippen LogP contribution in [0.3, 0.4) is 0 Å². The highest BCUT2D eigenvalue weighted by atomic mass is 16.5. The Morgan fingerprint density at radius 3 is 2.45 bits per heavy atom. The molecule has 1 aliphatic rings. The van der Waals surface area contributed by atoms with Crippen LogP contribution in [0.1, 0.15) is 6.42 Å². The average molecular weight is 428 g/mol. The molecule has 0 aliphatic carbocycles. The van der Waals surface area contributed by atoms with Crippen LogP contribution in [0.2, 0.25) is 0 Å². The molecule has 0 spiro atoms. The van der Waals surface area contributed by atoms with Gasteiger partial charge in [0.25, 0.3) is 0 Å². The fraction of sp³-hybridized carbons (Fsp3) is 0.391. The Bertz CT molecular complexity index is 896. The fourth-order valence-electron chi connectivity index (χ4n) is 3.74. The van der Waals surface area contributed by atoms with Crippen LogP contribution < -0.4 is 19.7 Å². The van der Waals surface area contributed by atoms with Crippen molar-refractivity contribution < 1.29 is 24.2 Å². The number of carboxylic acid groups (broad SMARTS) is 1. The third-order valence-corrected chi connectivity index (χ3v) is 5.41. The van der Waals surface area contributed by atoms with Gasteiger partial charge in [-0.1, -0.05) is 18.2 Å². The van der Waals surface area contributed by atoms with Crippen LogP contribution in [-0.4, -0.2) is 68.8 Å². The van der Waals surface area contributed by atoms with E-state index < -0.39 is 11.9 Å². The number of nitrogens with one attached hydrogen (secondary N) is 1. The summed E-state index contributed by atoms with van der Waals surface area (Å²) < 4.78 is 10.6. The number of amides is 1. The molecule has 0 aromatic heterocycles. The van der Waals surface area contributed by atoms with E-state index in [-0.39, 0.29) is 12.3 Å². The molecule has 1 amide bonds. The van der Waals surface area contributed by atoms with E-state index in [1.165, 1.54) is 0 Å². The second-order valence-corrected chi connectivity index (χ2v) is 7.48. The van der Waals surface area contributed by atoms with E-state index in [9.17, 15) is 14.7 Å². The zero-order valence-electron chi connectivity index (χ0n) is 17.9. The molecule has 1 heterocycles. The second-order valence-electron chi connectivity index (χ2n) is 7.48. The Hall–Kier alpha value is -3.26. The molecule has 1 atom stereocenters. The third-order valence-electron chi connectivity index (χ3n) is 5.41. The molecule has 8 heteroatoms. The molecule has 2 aromatic carbocycles. The number of ether oxygens (including phenoxy) is 2. The molecule has 0 bridgehead atoms. The van der Waals surface area contributed by atoms with Crippen molar-refractivity contribution in [3.8, 4) is 11.5 Å². The molecular formula is C23H29N3O5. The highest BCUT2D eigenvalue weighted by Gasteiger charge is 2.27. The number of carbonyl (C=O) groups excluding carboxylic acids is 1. The average Bonchev–Trinajstić information content (AvgIpc) is 2.79. The minimum absolute atomic E-state index is 0.0841. The lowest BCUT2D eigenvalue weighted by atomic mass is 10.0. The second kappa shape index (κ2) is 10.7. The van der Waals surface area contributed by atoms with Gasteiger partial charge in [0.15, 0.2) is 0 Å². The molecule has 2 aromatic rings. The summed E-state index contributed by atoms with van der Waals surface area (Å²) in [5.74, 6) is -0.612. The number of benzene rings is 2. The molecule has 31 heavy (non-hydrogen) atoms. The van der Waals surface area contributed by atoms with E-state index >= 15 is 0 Å². The first kappa shape index (κ1) is 22.4. The largest absolute Gasteiger partial charge is 0.497 e. The molecule has 166 valence electrons. The number of methoxy groups -OCH3 is 2. The first-order valence-electron chi connectivity index (χ1n) is 10.3. The van der Waals surface area contributed by atoms with Gasteiger partial charge < -0.3 is 24.8 Å². The van der Waals surface area contributed by atoms with Gasteiger partial charge in [0.05, 0.1) is 25.8 Å². The first-order valence-corrected chi connectivity index (χ1v) is 10.3. The van der Waals surface area contributed by atoms with Gasteiger partial charge in [-0.15, -0.1) is 0 Å². The zero-order chi connectivity index (χ0) is 22.2. The molecule has 8 nitrogen and oxygen atoms in total. The SMILES string of the molecule is COc1cccc(NC(=O)C[C@@H](CN2CCN(c3ccccc3OC)CC2)C(=O)O)c1. The van der Waals surface area contributed by atoms with Gasteiger partial charge in [-0.05, 0) is 24.3 Å². The molecule has 0 radical (unpaired) electrons. The monoisotopic (exact) mass is 427 g/mol. The van der Waals surface area contributed by atoms with E-state index in [0.29, 0.717) is 18.0 Å². The predicted octanol–water partition coefficient (Wildman–Crippen LogP) is 2.56. The molecule has 1 aliphatic heterocycles. The number of hydrogen-bond acceptors (Lipinski definition) is 6. The van der Waals surface area contributed by atoms with Crippen molar-refractivity contribution in [2.24, 2.45) is 5.92 Å². The number of carboxylic acids is 1. The molecule has 0 saturated carbocycles. The van der Waals surface area contributed by atoms with Crippen molar-refractivity contribution in [2.75, 3.05) is 57.2 Å². The summed E-state index contributed by atoms with van der Waals surface area (Å²) in [4.78, 5) is 28.5. The molecular weight excluding hydrogens is 398 g/mol. The van der Waals surface area contributed by atoms with Gasteiger partial charge >= 0.3 is 5.97 Å². The van der Waals surface area contributed by atoms with Gasteiger partial charge in [-0.2, -0.15) is 0 Å². The summed E-state index contributed by atoms with van der Waals surface area (Å²) in [5.41, 5.74) is 1.62. The molecule has 3 rings (SSSR count). The highest BCUT2D eigenvalue weighted by molar-refractivity contribution is 5.93. The Morgan fingerprint density at radius 1 is 1.03 bits per heavy atom. The van der Waals surface area contributed by atoms with Crippen molar-refractivity contribution >= 4 is 23.3 Å². The standard InChI is InChI=1S/C23H29N3O5/c1-30-19-7-5-6-18(15-19)24-22(27)14-17(23(28)29)16-25-10-12-26(13-11-25)20-8-3-4-9-21(20)31-2/h3-9,15,17H,10-14,16H2,1-2H3,(H,24,27)(H,28,29)/t17-/m0/s1. The Labute approximate surface area is 182 Å². The number of hydrogen-bond donors (Lipinski definition) is 2. The summed E-state index contributed by atoms with van der Waals surface area (Å²) in [6.45, 7) is 3.31. The predicted molar refractivity (Wildman–Crippen MR) is 119 cm³/mol. The van der Waals surface area contributed by atoms with Crippen molar-refractivity contribution in [3.05, 3.63) is 48.5 Å². The summed E-state index contributed by atoms with van der Waals surface area (Å²) >= 11 is 0. The van der Waals surface area contributed by atoms with Crippen molar-refractivity contribution in [2.45, 2.75) is 6.42 Å². The number of piperazine rings is 1. The molecule has 2 N–H and O–H groups in total. The van der Waals surface area contributed by atoms with Gasteiger partial charge in [-0.3, -0.25) is 14.5 Å². The first-order chi connectivity index (χ1) is 15.0. The molecule has 0 unspecified atom stereocenters. The topological polar surface area (TPSA) is 91.3 Å². The lowest BCUT2D eigenvalue weighted by Gasteiger charge is -2.37. The van der Waals surface area contributed by atoms with E-state index in [4.69, 9.17) is 9.47 Å². The molecule has 1 saturated heterocycles. The highest BCUT2D eigenvalue weighted by Crippen LogP contribution is 2.28. The normalized spacial score (nSPS) is 15.2. The number of aliphatic carboxylic acids is 1. The van der Waals surface area contributed by atoms with E-state index in [1.807, 2.05) is 24.3 Å². The third kappa shape index (κ3) is 6.11. The Morgan fingerprint density at radius 2 is 1.77 bits per heavy atom. The van der Waals surface area contributed by atoms with Crippen LogP contribution in [0.5, 0.6) is 11.5 Å². The van der Waals surface area contributed by atoms with Crippen molar-refractivity contribution in [1.29, 1.82) is 0 Å². The lowest BCUT2D eigenvalue weighted by Crippen LogP contribution is -2.49. The fourth-order valence-corrected chi connectivity index (χ4v) is 3.74. The van der Waals surface area contributed by atoms with Gasteiger partial charge in [-0.25, -0.2) is 0 Å². The van der Waals surface area contributed by atoms with Crippen LogP contribution >= 0.6 is 0 Å². The maximum atomic E-state index is 12.4. The minimum atomic E-state index is -0.965. The zero-order valence-corrected chi connectivity index (χ0v) is 17.9. The van der Waals surface area contributed by atoms with Gasteiger partial charge in [0.1, 0.15) is 11.5 Å². The van der Waals surface area contributed by atoms with Crippen LogP contribution in [0, 0.1) is 5.92 Å². The summed E-state index contributed by atoms with van der Waals surface area (Å²) in [6, 6.07) is 14.9. The Balaban J connectivity index is 1.53. The van der Waals surface area contributed by atoms with Crippen LogP contribution in [-0.2, 0) is 9.59 Å². The minimum Gasteiger partial charge on any atom is -0.497 e. The number of nitrogens with zero attached hydrogens (tertiary/aromatic N) is 2. The van der Waals surface area contributed by atoms with Crippen LogP contribution in [0.25, 0.3) is 0 Å². The van der Waals surface area contributed by atoms with Gasteiger partial charge in [0, 0.05) is 50.9 Å². The Kier molecular flexibility index (Phi) is 7.72. The number of anilines is 2. The summed E-state index contributed by atoms with van der Waals surface area (Å²) in [7, 11) is 3.21. The smallest absolute Gasteiger partial charge is 0.308 e.